The van der Waals surface area contributed by atoms with Gasteiger partial charge in [-0.1, -0.05) is 28.1 Å². The fourth-order valence-corrected chi connectivity index (χ4v) is 4.43. The molecule has 0 bridgehead atoms. The number of nitrogens with zero attached hydrogens (tertiary/aromatic N) is 3. The van der Waals surface area contributed by atoms with E-state index < -0.39 is 0 Å². The molecule has 2 aromatic rings. The lowest BCUT2D eigenvalue weighted by Crippen LogP contribution is -2.45. The van der Waals surface area contributed by atoms with E-state index in [1.165, 1.54) is 0 Å². The van der Waals surface area contributed by atoms with Gasteiger partial charge in [-0.25, -0.2) is 0 Å². The average molecular weight is 445 g/mol. The number of likely N-dealkylation sites (tertiary alicyclic amines) is 1. The molecule has 1 saturated heterocycles. The molecule has 0 atom stereocenters. The first-order valence-corrected chi connectivity index (χ1v) is 10.7. The third-order valence-corrected chi connectivity index (χ3v) is 6.41. The fraction of sp³-hybridized carbons (Fsp3) is 0.476. The highest BCUT2D eigenvalue weighted by atomic mass is 79.9. The molecule has 2 heterocycles. The number of halogens is 1. The van der Waals surface area contributed by atoms with Crippen molar-refractivity contribution in [1.29, 1.82) is 0 Å². The SMILES string of the molecule is CCn1cc(NC(=O)C2CCN(C(=O)C3(c4cccc(Br)c4)CC3)CC2)cn1. The van der Waals surface area contributed by atoms with E-state index in [4.69, 9.17) is 0 Å². The molecular formula is C21H25BrN4O2. The number of aryl methyl sites for hydroxylation is 1. The summed E-state index contributed by atoms with van der Waals surface area (Å²) in [5.74, 6) is 0.180. The van der Waals surface area contributed by atoms with E-state index in [1.807, 2.05) is 36.2 Å². The van der Waals surface area contributed by atoms with Crippen LogP contribution in [-0.2, 0) is 21.5 Å². The lowest BCUT2D eigenvalue weighted by molar-refractivity contribution is -0.137. The summed E-state index contributed by atoms with van der Waals surface area (Å²) >= 11 is 3.51. The van der Waals surface area contributed by atoms with E-state index >= 15 is 0 Å². The van der Waals surface area contributed by atoms with Crippen LogP contribution in [0.2, 0.25) is 0 Å². The monoisotopic (exact) mass is 444 g/mol. The molecule has 6 nitrogen and oxygen atoms in total. The molecule has 7 heteroatoms. The van der Waals surface area contributed by atoms with Crippen molar-refractivity contribution in [3.8, 4) is 0 Å². The van der Waals surface area contributed by atoms with Crippen molar-refractivity contribution >= 4 is 33.4 Å². The van der Waals surface area contributed by atoms with E-state index in [2.05, 4.69) is 32.4 Å². The zero-order valence-electron chi connectivity index (χ0n) is 16.0. The van der Waals surface area contributed by atoms with Gasteiger partial charge in [0.2, 0.25) is 11.8 Å². The summed E-state index contributed by atoms with van der Waals surface area (Å²) in [5.41, 5.74) is 1.48. The molecule has 28 heavy (non-hydrogen) atoms. The molecule has 148 valence electrons. The predicted molar refractivity (Wildman–Crippen MR) is 111 cm³/mol. The highest BCUT2D eigenvalue weighted by molar-refractivity contribution is 9.10. The van der Waals surface area contributed by atoms with Gasteiger partial charge in [0.05, 0.1) is 17.3 Å². The zero-order chi connectivity index (χ0) is 19.7. The third-order valence-electron chi connectivity index (χ3n) is 5.91. The number of rotatable bonds is 5. The standard InChI is InChI=1S/C21H25BrN4O2/c1-2-26-14-18(13-23-26)24-19(27)15-6-10-25(11-7-15)20(28)21(8-9-21)16-4-3-5-17(22)12-16/h3-5,12-15H,2,6-11H2,1H3,(H,24,27). The topological polar surface area (TPSA) is 67.2 Å². The molecular weight excluding hydrogens is 420 g/mol. The van der Waals surface area contributed by atoms with Crippen LogP contribution in [0.5, 0.6) is 0 Å². The number of hydrogen-bond acceptors (Lipinski definition) is 3. The molecule has 0 spiro atoms. The van der Waals surface area contributed by atoms with Gasteiger partial charge in [0.1, 0.15) is 0 Å². The maximum atomic E-state index is 13.2. The van der Waals surface area contributed by atoms with E-state index in [1.54, 1.807) is 10.9 Å². The van der Waals surface area contributed by atoms with Gasteiger partial charge >= 0.3 is 0 Å². The molecule has 0 radical (unpaired) electrons. The number of carbonyl (C=O) groups excluding carboxylic acids is 2. The predicted octanol–water partition coefficient (Wildman–Crippen LogP) is 3.57. The molecule has 1 aliphatic heterocycles. The number of nitrogens with one attached hydrogen (secondary N) is 1. The molecule has 2 amide bonds. The Balaban J connectivity index is 1.35. The first kappa shape index (κ1) is 19.2. The van der Waals surface area contributed by atoms with E-state index in [0.717, 1.165) is 35.1 Å². The summed E-state index contributed by atoms with van der Waals surface area (Å²) in [6, 6.07) is 8.08. The van der Waals surface area contributed by atoms with Gasteiger partial charge in [0, 0.05) is 36.2 Å². The van der Waals surface area contributed by atoms with Crippen molar-refractivity contribution in [2.24, 2.45) is 5.92 Å². The molecule has 2 fully saturated rings. The normalized spacial score (nSPS) is 18.7. The van der Waals surface area contributed by atoms with Gasteiger partial charge in [-0.15, -0.1) is 0 Å². The average Bonchev–Trinajstić information content (AvgIpc) is 3.41. The number of amides is 2. The van der Waals surface area contributed by atoms with Gasteiger partial charge in [0.25, 0.3) is 0 Å². The van der Waals surface area contributed by atoms with Crippen LogP contribution in [0.1, 0.15) is 38.2 Å². The largest absolute Gasteiger partial charge is 0.342 e. The second kappa shape index (κ2) is 7.70. The quantitative estimate of drug-likeness (QED) is 0.765. The van der Waals surface area contributed by atoms with Crippen LogP contribution < -0.4 is 5.32 Å². The molecule has 4 rings (SSSR count). The van der Waals surface area contributed by atoms with Crippen LogP contribution in [0.15, 0.2) is 41.1 Å². The molecule has 0 unspecified atom stereocenters. The Hall–Kier alpha value is -2.15. The number of carbonyl (C=O) groups is 2. The minimum Gasteiger partial charge on any atom is -0.342 e. The van der Waals surface area contributed by atoms with Gasteiger partial charge < -0.3 is 10.2 Å². The van der Waals surface area contributed by atoms with Crippen molar-refractivity contribution in [2.45, 2.75) is 44.6 Å². The van der Waals surface area contributed by atoms with Crippen LogP contribution in [0.3, 0.4) is 0 Å². The zero-order valence-corrected chi connectivity index (χ0v) is 17.6. The molecule has 1 aromatic carbocycles. The summed E-state index contributed by atoms with van der Waals surface area (Å²) in [4.78, 5) is 27.7. The van der Waals surface area contributed by atoms with Crippen LogP contribution in [0.4, 0.5) is 5.69 Å². The first-order valence-electron chi connectivity index (χ1n) is 9.90. The van der Waals surface area contributed by atoms with E-state index in [0.29, 0.717) is 25.9 Å². The Bertz CT molecular complexity index is 882. The van der Waals surface area contributed by atoms with Crippen LogP contribution in [0, 0.1) is 5.92 Å². The Kier molecular flexibility index (Phi) is 5.27. The second-order valence-corrected chi connectivity index (χ2v) is 8.65. The number of benzene rings is 1. The lowest BCUT2D eigenvalue weighted by atomic mass is 9.91. The minimum atomic E-state index is -0.354. The third kappa shape index (κ3) is 3.72. The molecule has 2 aliphatic rings. The van der Waals surface area contributed by atoms with Gasteiger partial charge in [-0.2, -0.15) is 5.10 Å². The van der Waals surface area contributed by atoms with Gasteiger partial charge in [-0.05, 0) is 50.3 Å². The number of piperidine rings is 1. The highest BCUT2D eigenvalue weighted by Gasteiger charge is 2.53. The minimum absolute atomic E-state index is 0.0240. The Labute approximate surface area is 173 Å². The van der Waals surface area contributed by atoms with Crippen molar-refractivity contribution in [2.75, 3.05) is 18.4 Å². The smallest absolute Gasteiger partial charge is 0.233 e. The van der Waals surface area contributed by atoms with Gasteiger partial charge in [0.15, 0.2) is 0 Å². The lowest BCUT2D eigenvalue weighted by Gasteiger charge is -2.34. The van der Waals surface area contributed by atoms with E-state index in [-0.39, 0.29) is 23.1 Å². The number of anilines is 1. The van der Waals surface area contributed by atoms with E-state index in [9.17, 15) is 9.59 Å². The Morgan fingerprint density at radius 3 is 2.64 bits per heavy atom. The molecule has 1 N–H and O–H groups in total. The number of hydrogen-bond donors (Lipinski definition) is 1. The summed E-state index contributed by atoms with van der Waals surface area (Å²) in [5, 5.41) is 7.14. The first-order chi connectivity index (χ1) is 13.5. The maximum absolute atomic E-state index is 13.2. The summed E-state index contributed by atoms with van der Waals surface area (Å²) in [6.07, 6.45) is 6.73. The summed E-state index contributed by atoms with van der Waals surface area (Å²) < 4.78 is 2.79. The number of aromatic nitrogens is 2. The van der Waals surface area contributed by atoms with Crippen molar-refractivity contribution < 1.29 is 9.59 Å². The highest BCUT2D eigenvalue weighted by Crippen LogP contribution is 2.50. The molecule has 1 aliphatic carbocycles. The van der Waals surface area contributed by atoms with Crippen LogP contribution in [-0.4, -0.2) is 39.6 Å². The van der Waals surface area contributed by atoms with Crippen molar-refractivity contribution in [3.05, 3.63) is 46.7 Å². The van der Waals surface area contributed by atoms with Crippen molar-refractivity contribution in [1.82, 2.24) is 14.7 Å². The second-order valence-electron chi connectivity index (χ2n) is 7.73. The van der Waals surface area contributed by atoms with Crippen molar-refractivity contribution in [3.63, 3.8) is 0 Å². The summed E-state index contributed by atoms with van der Waals surface area (Å²) in [6.45, 7) is 4.06. The summed E-state index contributed by atoms with van der Waals surface area (Å²) in [7, 11) is 0. The molecule has 1 saturated carbocycles. The fourth-order valence-electron chi connectivity index (χ4n) is 4.03. The Morgan fingerprint density at radius 1 is 1.29 bits per heavy atom. The van der Waals surface area contributed by atoms with Crippen LogP contribution in [0.25, 0.3) is 0 Å². The van der Waals surface area contributed by atoms with Crippen LogP contribution >= 0.6 is 15.9 Å². The Morgan fingerprint density at radius 2 is 2.04 bits per heavy atom. The van der Waals surface area contributed by atoms with Gasteiger partial charge in [-0.3, -0.25) is 14.3 Å². The molecule has 1 aromatic heterocycles. The maximum Gasteiger partial charge on any atom is 0.233 e.